The van der Waals surface area contributed by atoms with Gasteiger partial charge < -0.3 is 24.8 Å². The van der Waals surface area contributed by atoms with Crippen molar-refractivity contribution in [2.75, 3.05) is 13.7 Å². The van der Waals surface area contributed by atoms with Crippen molar-refractivity contribution in [1.29, 1.82) is 0 Å². The predicted molar refractivity (Wildman–Crippen MR) is 83.4 cm³/mol. The molecule has 2 rings (SSSR count). The largest absolute Gasteiger partial charge is 0.493 e. The third-order valence-corrected chi connectivity index (χ3v) is 3.50. The molecule has 0 bridgehead atoms. The zero-order chi connectivity index (χ0) is 18.6. The summed E-state index contributed by atoms with van der Waals surface area (Å²) in [5.74, 6) is -0.698. The minimum atomic E-state index is -3.00. The molecule has 1 unspecified atom stereocenters. The Morgan fingerprint density at radius 2 is 2.04 bits per heavy atom. The Morgan fingerprint density at radius 1 is 1.32 bits per heavy atom. The molecule has 1 heterocycles. The van der Waals surface area contributed by atoms with E-state index in [1.54, 1.807) is 13.8 Å². The van der Waals surface area contributed by atoms with E-state index in [2.05, 4.69) is 15.4 Å². The molecule has 0 aliphatic carbocycles. The number of rotatable bonds is 6. The van der Waals surface area contributed by atoms with E-state index in [-0.39, 0.29) is 23.7 Å². The molecule has 1 aromatic carbocycles. The molecule has 1 aliphatic heterocycles. The van der Waals surface area contributed by atoms with Crippen molar-refractivity contribution in [3.05, 3.63) is 35.0 Å². The third-order valence-electron chi connectivity index (χ3n) is 3.50. The summed E-state index contributed by atoms with van der Waals surface area (Å²) in [4.78, 5) is 24.0. The van der Waals surface area contributed by atoms with Gasteiger partial charge in [0, 0.05) is 5.70 Å². The summed E-state index contributed by atoms with van der Waals surface area (Å²) in [6, 6.07) is 2.85. The summed E-state index contributed by atoms with van der Waals surface area (Å²) in [6.45, 7) is 0.400. The summed E-state index contributed by atoms with van der Waals surface area (Å²) in [5, 5.41) is 5.12. The number of halogens is 2. The quantitative estimate of drug-likeness (QED) is 0.765. The van der Waals surface area contributed by atoms with Crippen molar-refractivity contribution in [2.24, 2.45) is 0 Å². The van der Waals surface area contributed by atoms with E-state index in [0.717, 1.165) is 0 Å². The maximum Gasteiger partial charge on any atom is 0.387 e. The smallest absolute Gasteiger partial charge is 0.387 e. The van der Waals surface area contributed by atoms with E-state index in [9.17, 15) is 18.4 Å². The van der Waals surface area contributed by atoms with Crippen LogP contribution in [0.2, 0.25) is 0 Å². The van der Waals surface area contributed by atoms with Gasteiger partial charge in [-0.3, -0.25) is 0 Å². The minimum Gasteiger partial charge on any atom is -0.493 e. The van der Waals surface area contributed by atoms with E-state index in [0.29, 0.717) is 11.3 Å². The molecule has 7 nitrogen and oxygen atoms in total. The lowest BCUT2D eigenvalue weighted by Crippen LogP contribution is -2.45. The Morgan fingerprint density at radius 3 is 2.64 bits per heavy atom. The first-order chi connectivity index (χ1) is 11.9. The number of carbonyl (C=O) groups is 2. The average molecular weight is 356 g/mol. The number of ether oxygens (including phenoxy) is 3. The molecule has 9 heteroatoms. The summed E-state index contributed by atoms with van der Waals surface area (Å²) < 4.78 is 39.3. The highest BCUT2D eigenvalue weighted by atomic mass is 19.3. The number of carbonyl (C=O) groups excluding carboxylic acids is 2. The van der Waals surface area contributed by atoms with Crippen LogP contribution in [0.25, 0.3) is 0 Å². The summed E-state index contributed by atoms with van der Waals surface area (Å²) >= 11 is 0. The number of hydrogen-bond acceptors (Lipinski definition) is 5. The molecule has 0 spiro atoms. The van der Waals surface area contributed by atoms with E-state index in [1.165, 1.54) is 25.3 Å². The topological polar surface area (TPSA) is 85.9 Å². The van der Waals surface area contributed by atoms with Gasteiger partial charge in [-0.25, -0.2) is 9.59 Å². The molecule has 1 atom stereocenters. The lowest BCUT2D eigenvalue weighted by Gasteiger charge is -2.28. The van der Waals surface area contributed by atoms with E-state index in [1.807, 2.05) is 0 Å². The van der Waals surface area contributed by atoms with Gasteiger partial charge in [-0.05, 0) is 31.5 Å². The number of methoxy groups -OCH3 is 1. The molecule has 1 aromatic rings. The number of esters is 1. The van der Waals surface area contributed by atoms with Crippen molar-refractivity contribution in [1.82, 2.24) is 10.6 Å². The second-order valence-electron chi connectivity index (χ2n) is 5.08. The summed E-state index contributed by atoms with van der Waals surface area (Å²) in [5.41, 5.74) is 1.01. The van der Waals surface area contributed by atoms with E-state index in [4.69, 9.17) is 9.47 Å². The number of hydrogen-bond donors (Lipinski definition) is 2. The van der Waals surface area contributed by atoms with Crippen LogP contribution in [0.4, 0.5) is 13.6 Å². The molecule has 25 heavy (non-hydrogen) atoms. The SMILES string of the molecule is CCOC(=O)C1=C(C)NC(=O)NC1c1ccc(OC(F)F)c(OC)c1. The zero-order valence-electron chi connectivity index (χ0n) is 13.9. The van der Waals surface area contributed by atoms with Gasteiger partial charge in [0.05, 0.1) is 25.3 Å². The van der Waals surface area contributed by atoms with Gasteiger partial charge in [0.25, 0.3) is 0 Å². The maximum atomic E-state index is 12.4. The van der Waals surface area contributed by atoms with Gasteiger partial charge in [0.2, 0.25) is 0 Å². The monoisotopic (exact) mass is 356 g/mol. The van der Waals surface area contributed by atoms with Gasteiger partial charge >= 0.3 is 18.6 Å². The van der Waals surface area contributed by atoms with Gasteiger partial charge in [0.1, 0.15) is 0 Å². The van der Waals surface area contributed by atoms with Crippen molar-refractivity contribution in [3.63, 3.8) is 0 Å². The number of benzene rings is 1. The third kappa shape index (κ3) is 4.17. The number of amides is 2. The molecule has 0 fully saturated rings. The van der Waals surface area contributed by atoms with Crippen LogP contribution in [0.1, 0.15) is 25.5 Å². The Bertz CT molecular complexity index is 706. The summed E-state index contributed by atoms with van der Waals surface area (Å²) in [7, 11) is 1.30. The Kier molecular flexibility index (Phi) is 5.79. The Hall–Kier alpha value is -2.84. The molecule has 136 valence electrons. The molecular weight excluding hydrogens is 338 g/mol. The van der Waals surface area contributed by atoms with Crippen LogP contribution in [-0.4, -0.2) is 32.3 Å². The van der Waals surface area contributed by atoms with Crippen molar-refractivity contribution in [2.45, 2.75) is 26.5 Å². The average Bonchev–Trinajstić information content (AvgIpc) is 2.54. The molecular formula is C16H18F2N2O5. The number of nitrogens with one attached hydrogen (secondary N) is 2. The van der Waals surface area contributed by atoms with Crippen LogP contribution in [0.5, 0.6) is 11.5 Å². The molecule has 0 radical (unpaired) electrons. The van der Waals surface area contributed by atoms with Gasteiger partial charge in [-0.15, -0.1) is 0 Å². The highest BCUT2D eigenvalue weighted by molar-refractivity contribution is 5.95. The fraction of sp³-hybridized carbons (Fsp3) is 0.375. The lowest BCUT2D eigenvalue weighted by molar-refractivity contribution is -0.139. The van der Waals surface area contributed by atoms with Crippen molar-refractivity contribution in [3.8, 4) is 11.5 Å². The highest BCUT2D eigenvalue weighted by Gasteiger charge is 2.32. The molecule has 0 saturated carbocycles. The van der Waals surface area contributed by atoms with Crippen LogP contribution in [0.15, 0.2) is 29.5 Å². The fourth-order valence-corrected chi connectivity index (χ4v) is 2.48. The van der Waals surface area contributed by atoms with E-state index < -0.39 is 24.7 Å². The van der Waals surface area contributed by atoms with Crippen LogP contribution in [0, 0.1) is 0 Å². The van der Waals surface area contributed by atoms with Crippen molar-refractivity contribution >= 4 is 12.0 Å². The van der Waals surface area contributed by atoms with Gasteiger partial charge in [-0.2, -0.15) is 8.78 Å². The van der Waals surface area contributed by atoms with Gasteiger partial charge in [-0.1, -0.05) is 6.07 Å². The molecule has 0 aromatic heterocycles. The van der Waals surface area contributed by atoms with Crippen LogP contribution in [-0.2, 0) is 9.53 Å². The molecule has 1 aliphatic rings. The van der Waals surface area contributed by atoms with Crippen molar-refractivity contribution < 1.29 is 32.6 Å². The zero-order valence-corrected chi connectivity index (χ0v) is 13.9. The predicted octanol–water partition coefficient (Wildman–Crippen LogP) is 2.49. The first-order valence-corrected chi connectivity index (χ1v) is 7.45. The van der Waals surface area contributed by atoms with Crippen LogP contribution in [0.3, 0.4) is 0 Å². The Balaban J connectivity index is 2.44. The minimum absolute atomic E-state index is 0.0476. The first-order valence-electron chi connectivity index (χ1n) is 7.45. The van der Waals surface area contributed by atoms with Crippen LogP contribution < -0.4 is 20.1 Å². The standard InChI is InChI=1S/C16H18F2N2O5/c1-4-24-14(21)12-8(2)19-16(22)20-13(12)9-5-6-10(25-15(17)18)11(7-9)23-3/h5-7,13,15H,4H2,1-3H3,(H2,19,20,22). The summed E-state index contributed by atoms with van der Waals surface area (Å²) in [6.07, 6.45) is 0. The maximum absolute atomic E-state index is 12.4. The first kappa shape index (κ1) is 18.5. The normalized spacial score (nSPS) is 17.0. The van der Waals surface area contributed by atoms with Gasteiger partial charge in [0.15, 0.2) is 11.5 Å². The van der Waals surface area contributed by atoms with E-state index >= 15 is 0 Å². The lowest BCUT2D eigenvalue weighted by atomic mass is 9.95. The molecule has 2 amide bonds. The second kappa shape index (κ2) is 7.82. The highest BCUT2D eigenvalue weighted by Crippen LogP contribution is 2.35. The molecule has 2 N–H and O–H groups in total. The molecule has 0 saturated heterocycles. The number of alkyl halides is 2. The Labute approximate surface area is 142 Å². The number of allylic oxidation sites excluding steroid dienone is 1. The number of urea groups is 1. The fourth-order valence-electron chi connectivity index (χ4n) is 2.48. The van der Waals surface area contributed by atoms with Crippen LogP contribution >= 0.6 is 0 Å². The second-order valence-corrected chi connectivity index (χ2v) is 5.08.